The van der Waals surface area contributed by atoms with Gasteiger partial charge in [0.1, 0.15) is 0 Å². The van der Waals surface area contributed by atoms with E-state index in [1.807, 2.05) is 0 Å². The fourth-order valence-corrected chi connectivity index (χ4v) is 2.44. The molecule has 1 N–H and O–H groups in total. The third kappa shape index (κ3) is 5.03. The second-order valence-electron chi connectivity index (χ2n) is 4.91. The van der Waals surface area contributed by atoms with Crippen LogP contribution in [0.1, 0.15) is 33.6 Å². The molecule has 0 fully saturated rings. The largest absolute Gasteiger partial charge is 0.326 e. The molecular formula is C14H21NO3S. The van der Waals surface area contributed by atoms with Crippen molar-refractivity contribution < 1.29 is 13.2 Å². The number of carbonyl (C=O) groups excluding carboxylic acids is 1. The van der Waals surface area contributed by atoms with Crippen LogP contribution in [0, 0.1) is 5.92 Å². The normalized spacial score (nSPS) is 11.6. The Morgan fingerprint density at radius 3 is 2.26 bits per heavy atom. The molecule has 0 bridgehead atoms. The standard InChI is InChI=1S/C14H21NO3S/c1-4-19(17,18)13-8-6-12(7-9-13)15-14(16)10-5-11(2)3/h6-9,11H,4-5,10H2,1-3H3,(H,15,16). The van der Waals surface area contributed by atoms with Crippen LogP contribution in [0.15, 0.2) is 29.2 Å². The van der Waals surface area contributed by atoms with E-state index in [2.05, 4.69) is 19.2 Å². The summed E-state index contributed by atoms with van der Waals surface area (Å²) >= 11 is 0. The molecule has 0 aromatic heterocycles. The Morgan fingerprint density at radius 1 is 1.21 bits per heavy atom. The van der Waals surface area contributed by atoms with Crippen molar-refractivity contribution in [2.75, 3.05) is 11.1 Å². The zero-order valence-electron chi connectivity index (χ0n) is 11.6. The first-order chi connectivity index (χ1) is 8.85. The lowest BCUT2D eigenvalue weighted by Gasteiger charge is -2.07. The van der Waals surface area contributed by atoms with Crippen LogP contribution in [0.25, 0.3) is 0 Å². The van der Waals surface area contributed by atoms with Crippen LogP contribution < -0.4 is 5.32 Å². The number of benzene rings is 1. The van der Waals surface area contributed by atoms with Crippen LogP contribution in [0.2, 0.25) is 0 Å². The number of amides is 1. The first kappa shape index (κ1) is 15.7. The molecule has 0 radical (unpaired) electrons. The molecule has 0 unspecified atom stereocenters. The fraction of sp³-hybridized carbons (Fsp3) is 0.500. The molecular weight excluding hydrogens is 262 g/mol. The smallest absolute Gasteiger partial charge is 0.224 e. The molecule has 19 heavy (non-hydrogen) atoms. The van der Waals surface area contributed by atoms with Gasteiger partial charge in [0.15, 0.2) is 9.84 Å². The molecule has 0 saturated heterocycles. The predicted octanol–water partition coefficient (Wildman–Crippen LogP) is 2.85. The van der Waals surface area contributed by atoms with E-state index in [4.69, 9.17) is 0 Å². The predicted molar refractivity (Wildman–Crippen MR) is 76.9 cm³/mol. The van der Waals surface area contributed by atoms with E-state index in [0.29, 0.717) is 18.0 Å². The number of hydrogen-bond acceptors (Lipinski definition) is 3. The highest BCUT2D eigenvalue weighted by atomic mass is 32.2. The molecule has 1 aromatic carbocycles. The molecule has 0 heterocycles. The Bertz CT molecular complexity index is 518. The second kappa shape index (κ2) is 6.70. The van der Waals surface area contributed by atoms with Crippen LogP contribution >= 0.6 is 0 Å². The van der Waals surface area contributed by atoms with Crippen LogP contribution in [0.4, 0.5) is 5.69 Å². The third-order valence-corrected chi connectivity index (χ3v) is 4.58. The van der Waals surface area contributed by atoms with Gasteiger partial charge in [-0.1, -0.05) is 20.8 Å². The van der Waals surface area contributed by atoms with Crippen LogP contribution in [-0.2, 0) is 14.6 Å². The topological polar surface area (TPSA) is 63.2 Å². The van der Waals surface area contributed by atoms with E-state index in [1.54, 1.807) is 19.1 Å². The first-order valence-electron chi connectivity index (χ1n) is 6.48. The quantitative estimate of drug-likeness (QED) is 0.873. The molecule has 4 nitrogen and oxygen atoms in total. The monoisotopic (exact) mass is 283 g/mol. The van der Waals surface area contributed by atoms with Crippen LogP contribution in [0.5, 0.6) is 0 Å². The van der Waals surface area contributed by atoms with Gasteiger partial charge in [0.2, 0.25) is 5.91 Å². The summed E-state index contributed by atoms with van der Waals surface area (Å²) in [7, 11) is -3.18. The van der Waals surface area contributed by atoms with Crippen molar-refractivity contribution in [2.45, 2.75) is 38.5 Å². The average molecular weight is 283 g/mol. The molecule has 1 aromatic rings. The van der Waals surface area contributed by atoms with Gasteiger partial charge in [-0.25, -0.2) is 8.42 Å². The number of sulfone groups is 1. The maximum atomic E-state index is 11.6. The molecule has 0 spiro atoms. The minimum Gasteiger partial charge on any atom is -0.326 e. The van der Waals surface area contributed by atoms with Gasteiger partial charge in [-0.2, -0.15) is 0 Å². The highest BCUT2D eigenvalue weighted by molar-refractivity contribution is 7.91. The van der Waals surface area contributed by atoms with E-state index in [0.717, 1.165) is 6.42 Å². The van der Waals surface area contributed by atoms with Crippen molar-refractivity contribution in [2.24, 2.45) is 5.92 Å². The van der Waals surface area contributed by atoms with E-state index in [9.17, 15) is 13.2 Å². The summed E-state index contributed by atoms with van der Waals surface area (Å²) in [5, 5.41) is 2.76. The summed E-state index contributed by atoms with van der Waals surface area (Å²) in [6.45, 7) is 5.74. The van der Waals surface area contributed by atoms with E-state index in [1.165, 1.54) is 12.1 Å². The summed E-state index contributed by atoms with van der Waals surface area (Å²) in [5.74, 6) is 0.523. The summed E-state index contributed by atoms with van der Waals surface area (Å²) in [4.78, 5) is 11.9. The maximum absolute atomic E-state index is 11.6. The van der Waals surface area contributed by atoms with Gasteiger partial charge in [-0.05, 0) is 36.6 Å². The summed E-state index contributed by atoms with van der Waals surface area (Å²) in [6.07, 6.45) is 1.32. The van der Waals surface area contributed by atoms with Crippen molar-refractivity contribution >= 4 is 21.4 Å². The Balaban J connectivity index is 2.65. The number of anilines is 1. The Kier molecular flexibility index (Phi) is 5.54. The highest BCUT2D eigenvalue weighted by Gasteiger charge is 2.11. The van der Waals surface area contributed by atoms with Gasteiger partial charge in [0, 0.05) is 12.1 Å². The van der Waals surface area contributed by atoms with Gasteiger partial charge in [-0.15, -0.1) is 0 Å². The number of hydrogen-bond donors (Lipinski definition) is 1. The van der Waals surface area contributed by atoms with Crippen molar-refractivity contribution in [1.82, 2.24) is 0 Å². The van der Waals surface area contributed by atoms with Crippen molar-refractivity contribution in [3.8, 4) is 0 Å². The lowest BCUT2D eigenvalue weighted by molar-refractivity contribution is -0.116. The van der Waals surface area contributed by atoms with Gasteiger partial charge in [0.05, 0.1) is 10.6 Å². The highest BCUT2D eigenvalue weighted by Crippen LogP contribution is 2.16. The minimum atomic E-state index is -3.18. The molecule has 106 valence electrons. The molecule has 0 saturated carbocycles. The third-order valence-electron chi connectivity index (χ3n) is 2.83. The van der Waals surface area contributed by atoms with Crippen molar-refractivity contribution in [1.29, 1.82) is 0 Å². The van der Waals surface area contributed by atoms with Crippen molar-refractivity contribution in [3.05, 3.63) is 24.3 Å². The van der Waals surface area contributed by atoms with Gasteiger partial charge < -0.3 is 5.32 Å². The molecule has 0 aliphatic heterocycles. The lowest BCUT2D eigenvalue weighted by Crippen LogP contribution is -2.12. The van der Waals surface area contributed by atoms with Crippen LogP contribution in [0.3, 0.4) is 0 Å². The van der Waals surface area contributed by atoms with E-state index in [-0.39, 0.29) is 16.6 Å². The SMILES string of the molecule is CCS(=O)(=O)c1ccc(NC(=O)CCC(C)C)cc1. The van der Waals surface area contributed by atoms with E-state index < -0.39 is 9.84 Å². The Hall–Kier alpha value is -1.36. The minimum absolute atomic E-state index is 0.0419. The van der Waals surface area contributed by atoms with Gasteiger partial charge in [0.25, 0.3) is 0 Å². The zero-order valence-corrected chi connectivity index (χ0v) is 12.5. The first-order valence-corrected chi connectivity index (χ1v) is 8.13. The number of rotatable bonds is 6. The zero-order chi connectivity index (χ0) is 14.5. The lowest BCUT2D eigenvalue weighted by atomic mass is 10.1. The average Bonchev–Trinajstić information content (AvgIpc) is 2.37. The summed E-state index contributed by atoms with van der Waals surface area (Å²) in [6, 6.07) is 6.29. The maximum Gasteiger partial charge on any atom is 0.224 e. The summed E-state index contributed by atoms with van der Waals surface area (Å²) in [5.41, 5.74) is 0.629. The Morgan fingerprint density at radius 2 is 1.79 bits per heavy atom. The fourth-order valence-electron chi connectivity index (χ4n) is 1.56. The number of nitrogens with one attached hydrogen (secondary N) is 1. The summed E-state index contributed by atoms with van der Waals surface area (Å²) < 4.78 is 23.2. The molecule has 1 rings (SSSR count). The molecule has 0 atom stereocenters. The Labute approximate surface area is 115 Å². The van der Waals surface area contributed by atoms with Gasteiger partial charge >= 0.3 is 0 Å². The second-order valence-corrected chi connectivity index (χ2v) is 7.19. The van der Waals surface area contributed by atoms with Crippen molar-refractivity contribution in [3.63, 3.8) is 0 Å². The molecule has 0 aliphatic rings. The van der Waals surface area contributed by atoms with E-state index >= 15 is 0 Å². The molecule has 1 amide bonds. The number of carbonyl (C=O) groups is 1. The van der Waals surface area contributed by atoms with Gasteiger partial charge in [-0.3, -0.25) is 4.79 Å². The molecule has 5 heteroatoms. The van der Waals surface area contributed by atoms with Crippen LogP contribution in [-0.4, -0.2) is 20.1 Å². The molecule has 0 aliphatic carbocycles.